The average Bonchev–Trinajstić information content (AvgIpc) is 2.80. The second kappa shape index (κ2) is 29.0. The first-order chi connectivity index (χ1) is 15.8. The van der Waals surface area contributed by atoms with Gasteiger partial charge in [0.15, 0.2) is 0 Å². The summed E-state index contributed by atoms with van der Waals surface area (Å²) >= 11 is 0. The number of ether oxygens (including phenoxy) is 1. The van der Waals surface area contributed by atoms with Crippen molar-refractivity contribution >= 4 is 0 Å². The Kier molecular flexibility index (Phi) is 28.9. The van der Waals surface area contributed by atoms with Crippen LogP contribution in [0.5, 0.6) is 0 Å². The van der Waals surface area contributed by atoms with Crippen molar-refractivity contribution in [3.63, 3.8) is 0 Å². The standard InChI is InChI=1S/C30H62O2/c1-3-5-7-9-11-13-15-16-18-20-22-24-26-30(29-32-28-27-31)25-23-21-19-17-14-12-10-8-6-4-2/h30-31H,3-29H2,1-2H3. The van der Waals surface area contributed by atoms with Gasteiger partial charge in [0.2, 0.25) is 0 Å². The van der Waals surface area contributed by atoms with Gasteiger partial charge in [0, 0.05) is 6.61 Å². The van der Waals surface area contributed by atoms with Gasteiger partial charge in [-0.3, -0.25) is 0 Å². The number of hydrogen-bond donors (Lipinski definition) is 1. The Balaban J connectivity index is 3.59. The van der Waals surface area contributed by atoms with E-state index in [1.165, 1.54) is 154 Å². The fraction of sp³-hybridized carbons (Fsp3) is 1.00. The van der Waals surface area contributed by atoms with E-state index in [9.17, 15) is 0 Å². The molecular formula is C30H62O2. The smallest absolute Gasteiger partial charge is 0.0697 e. The zero-order valence-electron chi connectivity index (χ0n) is 22.5. The molecule has 0 fully saturated rings. The van der Waals surface area contributed by atoms with Crippen LogP contribution in [0.3, 0.4) is 0 Å². The molecule has 1 N–H and O–H groups in total. The van der Waals surface area contributed by atoms with Gasteiger partial charge < -0.3 is 9.84 Å². The molecule has 0 amide bonds. The molecule has 2 heteroatoms. The van der Waals surface area contributed by atoms with Crippen LogP contribution in [-0.2, 0) is 4.74 Å². The van der Waals surface area contributed by atoms with E-state index in [1.54, 1.807) is 0 Å². The summed E-state index contributed by atoms with van der Waals surface area (Å²) in [4.78, 5) is 0. The quantitative estimate of drug-likeness (QED) is 0.119. The van der Waals surface area contributed by atoms with Crippen molar-refractivity contribution in [2.75, 3.05) is 19.8 Å². The molecule has 0 bridgehead atoms. The SMILES string of the molecule is CCCCCCCCCCCCCCC(CCCCCCCCCCCC)COCCO. The molecule has 1 atom stereocenters. The van der Waals surface area contributed by atoms with Gasteiger partial charge in [-0.2, -0.15) is 0 Å². The van der Waals surface area contributed by atoms with Crippen LogP contribution in [0.2, 0.25) is 0 Å². The molecule has 0 saturated heterocycles. The highest BCUT2D eigenvalue weighted by atomic mass is 16.5. The molecule has 0 rings (SSSR count). The molecule has 1 unspecified atom stereocenters. The summed E-state index contributed by atoms with van der Waals surface area (Å²) < 4.78 is 5.69. The first-order valence-electron chi connectivity index (χ1n) is 15.0. The Morgan fingerprint density at radius 3 is 1.09 bits per heavy atom. The summed E-state index contributed by atoms with van der Waals surface area (Å²) in [5.74, 6) is 0.707. The third kappa shape index (κ3) is 26.2. The Morgan fingerprint density at radius 1 is 0.469 bits per heavy atom. The van der Waals surface area contributed by atoms with Crippen LogP contribution in [0.4, 0.5) is 0 Å². The zero-order valence-corrected chi connectivity index (χ0v) is 22.5. The number of aliphatic hydroxyl groups is 1. The van der Waals surface area contributed by atoms with E-state index < -0.39 is 0 Å². The van der Waals surface area contributed by atoms with Gasteiger partial charge in [0.05, 0.1) is 13.2 Å². The largest absolute Gasteiger partial charge is 0.394 e. The third-order valence-electron chi connectivity index (χ3n) is 7.02. The summed E-state index contributed by atoms with van der Waals surface area (Å²) in [7, 11) is 0. The molecule has 0 radical (unpaired) electrons. The summed E-state index contributed by atoms with van der Waals surface area (Å²) in [6, 6.07) is 0. The minimum atomic E-state index is 0.156. The lowest BCUT2D eigenvalue weighted by atomic mass is 9.94. The van der Waals surface area contributed by atoms with Crippen LogP contribution < -0.4 is 0 Å². The highest BCUT2D eigenvalue weighted by Crippen LogP contribution is 2.20. The fourth-order valence-corrected chi connectivity index (χ4v) is 4.82. The lowest BCUT2D eigenvalue weighted by Crippen LogP contribution is -2.12. The molecule has 0 spiro atoms. The van der Waals surface area contributed by atoms with E-state index in [0.717, 1.165) is 6.61 Å². The molecular weight excluding hydrogens is 392 g/mol. The molecule has 0 aromatic heterocycles. The van der Waals surface area contributed by atoms with Crippen molar-refractivity contribution < 1.29 is 9.84 Å². The fourth-order valence-electron chi connectivity index (χ4n) is 4.82. The summed E-state index contributed by atoms with van der Waals surface area (Å²) in [5.41, 5.74) is 0. The van der Waals surface area contributed by atoms with E-state index in [4.69, 9.17) is 9.84 Å². The monoisotopic (exact) mass is 454 g/mol. The molecule has 32 heavy (non-hydrogen) atoms. The summed E-state index contributed by atoms with van der Waals surface area (Å²) in [5, 5.41) is 9.01. The highest BCUT2D eigenvalue weighted by Gasteiger charge is 2.09. The molecule has 0 aliphatic heterocycles. The normalized spacial score (nSPS) is 12.5. The second-order valence-electron chi connectivity index (χ2n) is 10.3. The average molecular weight is 455 g/mol. The highest BCUT2D eigenvalue weighted by molar-refractivity contribution is 4.61. The van der Waals surface area contributed by atoms with Gasteiger partial charge in [-0.15, -0.1) is 0 Å². The molecule has 0 aliphatic rings. The minimum absolute atomic E-state index is 0.156. The van der Waals surface area contributed by atoms with E-state index in [-0.39, 0.29) is 6.61 Å². The van der Waals surface area contributed by atoms with Crippen LogP contribution in [0.1, 0.15) is 168 Å². The maximum absolute atomic E-state index is 9.01. The second-order valence-corrected chi connectivity index (χ2v) is 10.3. The van der Waals surface area contributed by atoms with Crippen molar-refractivity contribution in [2.45, 2.75) is 168 Å². The molecule has 0 saturated carbocycles. The van der Waals surface area contributed by atoms with Crippen molar-refractivity contribution in [1.29, 1.82) is 0 Å². The molecule has 0 heterocycles. The van der Waals surface area contributed by atoms with Crippen molar-refractivity contribution in [1.82, 2.24) is 0 Å². The first-order valence-corrected chi connectivity index (χ1v) is 15.0. The van der Waals surface area contributed by atoms with Gasteiger partial charge in [-0.1, -0.05) is 155 Å². The summed E-state index contributed by atoms with van der Waals surface area (Å²) in [6.07, 6.45) is 33.8. The van der Waals surface area contributed by atoms with Gasteiger partial charge in [0.1, 0.15) is 0 Å². The molecule has 194 valence electrons. The number of unbranched alkanes of at least 4 members (excludes halogenated alkanes) is 20. The van der Waals surface area contributed by atoms with Crippen molar-refractivity contribution in [3.05, 3.63) is 0 Å². The van der Waals surface area contributed by atoms with Crippen LogP contribution in [0.15, 0.2) is 0 Å². The van der Waals surface area contributed by atoms with Gasteiger partial charge in [-0.05, 0) is 18.8 Å². The molecule has 0 aliphatic carbocycles. The summed E-state index contributed by atoms with van der Waals surface area (Å²) in [6.45, 7) is 6.11. The van der Waals surface area contributed by atoms with E-state index in [2.05, 4.69) is 13.8 Å². The van der Waals surface area contributed by atoms with E-state index in [1.807, 2.05) is 0 Å². The topological polar surface area (TPSA) is 29.5 Å². The lowest BCUT2D eigenvalue weighted by molar-refractivity contribution is 0.0619. The van der Waals surface area contributed by atoms with Gasteiger partial charge in [-0.25, -0.2) is 0 Å². The number of hydrogen-bond acceptors (Lipinski definition) is 2. The minimum Gasteiger partial charge on any atom is -0.394 e. The van der Waals surface area contributed by atoms with Crippen molar-refractivity contribution in [2.24, 2.45) is 5.92 Å². The maximum Gasteiger partial charge on any atom is 0.0697 e. The van der Waals surface area contributed by atoms with Crippen LogP contribution in [0, 0.1) is 5.92 Å². The number of rotatable bonds is 28. The predicted octanol–water partition coefficient (Wildman–Crippen LogP) is 10.0. The van der Waals surface area contributed by atoms with Crippen molar-refractivity contribution in [3.8, 4) is 0 Å². The Morgan fingerprint density at radius 2 is 0.781 bits per heavy atom. The van der Waals surface area contributed by atoms with Crippen LogP contribution >= 0.6 is 0 Å². The first kappa shape index (κ1) is 31.9. The molecule has 0 aromatic carbocycles. The van der Waals surface area contributed by atoms with Crippen LogP contribution in [-0.4, -0.2) is 24.9 Å². The Labute approximate surface area is 203 Å². The number of aliphatic hydroxyl groups excluding tert-OH is 1. The van der Waals surface area contributed by atoms with Crippen LogP contribution in [0.25, 0.3) is 0 Å². The van der Waals surface area contributed by atoms with E-state index >= 15 is 0 Å². The molecule has 2 nitrogen and oxygen atoms in total. The van der Waals surface area contributed by atoms with Gasteiger partial charge in [0.25, 0.3) is 0 Å². The lowest BCUT2D eigenvalue weighted by Gasteiger charge is -2.17. The maximum atomic E-state index is 9.01. The molecule has 0 aromatic rings. The predicted molar refractivity (Wildman–Crippen MR) is 144 cm³/mol. The zero-order chi connectivity index (χ0) is 23.4. The Hall–Kier alpha value is -0.0800. The Bertz CT molecular complexity index is 318. The van der Waals surface area contributed by atoms with E-state index in [0.29, 0.717) is 12.5 Å². The third-order valence-corrected chi connectivity index (χ3v) is 7.02. The van der Waals surface area contributed by atoms with Gasteiger partial charge >= 0.3 is 0 Å².